The highest BCUT2D eigenvalue weighted by Crippen LogP contribution is 2.21. The second-order valence-corrected chi connectivity index (χ2v) is 8.24. The Labute approximate surface area is 150 Å². The second kappa shape index (κ2) is 9.89. The molecule has 1 heterocycles. The van der Waals surface area contributed by atoms with Crippen molar-refractivity contribution in [1.82, 2.24) is 9.62 Å². The van der Waals surface area contributed by atoms with Crippen molar-refractivity contribution < 1.29 is 17.9 Å². The van der Waals surface area contributed by atoms with Crippen LogP contribution < -0.4 is 5.32 Å². The van der Waals surface area contributed by atoms with Gasteiger partial charge in [0.15, 0.2) is 0 Å². The number of carbonyl (C=O) groups is 1. The summed E-state index contributed by atoms with van der Waals surface area (Å²) in [5.41, 5.74) is 0.963. The molecule has 0 radical (unpaired) electrons. The number of piperidine rings is 1. The van der Waals surface area contributed by atoms with E-state index in [1.54, 1.807) is 35.7 Å². The molecule has 1 aliphatic heterocycles. The molecule has 0 saturated carbocycles. The summed E-state index contributed by atoms with van der Waals surface area (Å²) >= 11 is 0. The zero-order valence-corrected chi connectivity index (χ0v) is 15.7. The van der Waals surface area contributed by atoms with Gasteiger partial charge in [0.25, 0.3) is 0 Å². The molecule has 140 valence electrons. The molecule has 2 rings (SSSR count). The highest BCUT2D eigenvalue weighted by Gasteiger charge is 2.25. The first kappa shape index (κ1) is 19.9. The number of aryl methyl sites for hydroxylation is 1. The summed E-state index contributed by atoms with van der Waals surface area (Å²) in [6.45, 7) is 2.45. The van der Waals surface area contributed by atoms with Crippen molar-refractivity contribution in [2.75, 3.05) is 33.4 Å². The number of ether oxygens (including phenoxy) is 1. The number of hydrogen-bond acceptors (Lipinski definition) is 4. The van der Waals surface area contributed by atoms with Crippen LogP contribution in [0.1, 0.15) is 37.7 Å². The van der Waals surface area contributed by atoms with E-state index in [1.165, 1.54) is 0 Å². The zero-order chi connectivity index (χ0) is 18.1. The minimum absolute atomic E-state index is 0.00104. The van der Waals surface area contributed by atoms with Crippen LogP contribution in [-0.2, 0) is 26.0 Å². The molecule has 0 aromatic heterocycles. The summed E-state index contributed by atoms with van der Waals surface area (Å²) in [4.78, 5) is 12.1. The van der Waals surface area contributed by atoms with Crippen LogP contribution in [0.2, 0.25) is 0 Å². The number of hydrogen-bond donors (Lipinski definition) is 1. The molecule has 0 bridgehead atoms. The van der Waals surface area contributed by atoms with Gasteiger partial charge in [-0.2, -0.15) is 4.31 Å². The molecule has 25 heavy (non-hydrogen) atoms. The molecule has 0 spiro atoms. The van der Waals surface area contributed by atoms with Crippen molar-refractivity contribution in [2.45, 2.75) is 43.4 Å². The van der Waals surface area contributed by atoms with Crippen molar-refractivity contribution in [3.8, 4) is 0 Å². The van der Waals surface area contributed by atoms with Gasteiger partial charge in [-0.25, -0.2) is 8.42 Å². The van der Waals surface area contributed by atoms with Crippen molar-refractivity contribution in [3.05, 3.63) is 29.8 Å². The number of rotatable bonds is 9. The lowest BCUT2D eigenvalue weighted by Gasteiger charge is -2.25. The molecule has 1 aliphatic rings. The first-order chi connectivity index (χ1) is 12.0. The number of nitrogens with one attached hydrogen (secondary N) is 1. The van der Waals surface area contributed by atoms with E-state index in [2.05, 4.69) is 5.32 Å². The molecule has 6 nitrogen and oxygen atoms in total. The topological polar surface area (TPSA) is 75.7 Å². The molecular formula is C18H28N2O4S. The fraction of sp³-hybridized carbons (Fsp3) is 0.611. The Balaban J connectivity index is 1.84. The van der Waals surface area contributed by atoms with E-state index in [-0.39, 0.29) is 5.91 Å². The molecule has 1 aromatic carbocycles. The number of sulfonamides is 1. The van der Waals surface area contributed by atoms with Gasteiger partial charge in [0, 0.05) is 39.8 Å². The Morgan fingerprint density at radius 2 is 1.84 bits per heavy atom. The van der Waals surface area contributed by atoms with Gasteiger partial charge in [-0.3, -0.25) is 4.79 Å². The fourth-order valence-corrected chi connectivity index (χ4v) is 4.39. The quantitative estimate of drug-likeness (QED) is 0.676. The molecule has 1 aromatic rings. The van der Waals surface area contributed by atoms with Crippen LogP contribution in [-0.4, -0.2) is 52.0 Å². The van der Waals surface area contributed by atoms with E-state index in [0.29, 0.717) is 44.0 Å². The summed E-state index contributed by atoms with van der Waals surface area (Å²) in [7, 11) is -1.75. The average Bonchev–Trinajstić information content (AvgIpc) is 2.64. The van der Waals surface area contributed by atoms with Gasteiger partial charge in [0.2, 0.25) is 15.9 Å². The first-order valence-corrected chi connectivity index (χ1v) is 10.3. The Morgan fingerprint density at radius 3 is 2.48 bits per heavy atom. The molecule has 1 saturated heterocycles. The number of nitrogens with zero attached hydrogens (tertiary/aromatic N) is 1. The van der Waals surface area contributed by atoms with Gasteiger partial charge in [-0.1, -0.05) is 18.6 Å². The SMILES string of the molecule is COCCCNC(=O)CCc1ccc(S(=O)(=O)N2CCCCC2)cc1. The van der Waals surface area contributed by atoms with E-state index in [4.69, 9.17) is 4.74 Å². The van der Waals surface area contributed by atoms with E-state index in [0.717, 1.165) is 31.2 Å². The number of methoxy groups -OCH3 is 1. The highest BCUT2D eigenvalue weighted by atomic mass is 32.2. The van der Waals surface area contributed by atoms with Gasteiger partial charge < -0.3 is 10.1 Å². The summed E-state index contributed by atoms with van der Waals surface area (Å²) in [6, 6.07) is 6.90. The number of carbonyl (C=O) groups excluding carboxylic acids is 1. The largest absolute Gasteiger partial charge is 0.385 e. The third-order valence-electron chi connectivity index (χ3n) is 4.36. The third-order valence-corrected chi connectivity index (χ3v) is 6.28. The lowest BCUT2D eigenvalue weighted by Crippen LogP contribution is -2.35. The van der Waals surface area contributed by atoms with Gasteiger partial charge in [-0.15, -0.1) is 0 Å². The molecule has 0 unspecified atom stereocenters. The predicted molar refractivity (Wildman–Crippen MR) is 96.9 cm³/mol. The lowest BCUT2D eigenvalue weighted by atomic mass is 10.1. The summed E-state index contributed by atoms with van der Waals surface area (Å²) < 4.78 is 31.7. The predicted octanol–water partition coefficient (Wildman–Crippen LogP) is 1.95. The summed E-state index contributed by atoms with van der Waals surface area (Å²) in [5, 5.41) is 2.84. The lowest BCUT2D eigenvalue weighted by molar-refractivity contribution is -0.121. The molecule has 7 heteroatoms. The highest BCUT2D eigenvalue weighted by molar-refractivity contribution is 7.89. The van der Waals surface area contributed by atoms with Crippen molar-refractivity contribution in [1.29, 1.82) is 0 Å². The minimum Gasteiger partial charge on any atom is -0.385 e. The maximum atomic E-state index is 12.6. The minimum atomic E-state index is -3.39. The van der Waals surface area contributed by atoms with E-state index in [1.807, 2.05) is 0 Å². The molecular weight excluding hydrogens is 340 g/mol. The molecule has 1 amide bonds. The molecule has 1 N–H and O–H groups in total. The van der Waals surface area contributed by atoms with Gasteiger partial charge in [0.05, 0.1) is 4.90 Å². The van der Waals surface area contributed by atoms with Crippen molar-refractivity contribution >= 4 is 15.9 Å². The van der Waals surface area contributed by atoms with Crippen LogP contribution in [0.5, 0.6) is 0 Å². The fourth-order valence-electron chi connectivity index (χ4n) is 2.87. The van der Waals surface area contributed by atoms with Crippen LogP contribution >= 0.6 is 0 Å². The number of amides is 1. The second-order valence-electron chi connectivity index (χ2n) is 6.31. The van der Waals surface area contributed by atoms with Crippen LogP contribution in [0, 0.1) is 0 Å². The standard InChI is InChI=1S/C18H28N2O4S/c1-24-15-5-12-19-18(21)11-8-16-6-9-17(10-7-16)25(22,23)20-13-3-2-4-14-20/h6-7,9-10H,2-5,8,11-15H2,1H3,(H,19,21). The van der Waals surface area contributed by atoms with Gasteiger partial charge in [-0.05, 0) is 43.4 Å². The molecule has 0 atom stereocenters. The number of benzene rings is 1. The smallest absolute Gasteiger partial charge is 0.243 e. The summed E-state index contributed by atoms with van der Waals surface area (Å²) in [6.07, 6.45) is 4.74. The van der Waals surface area contributed by atoms with Crippen LogP contribution in [0.15, 0.2) is 29.2 Å². The third kappa shape index (κ3) is 6.09. The van der Waals surface area contributed by atoms with Crippen LogP contribution in [0.3, 0.4) is 0 Å². The van der Waals surface area contributed by atoms with Gasteiger partial charge in [0.1, 0.15) is 0 Å². The van der Waals surface area contributed by atoms with Crippen molar-refractivity contribution in [3.63, 3.8) is 0 Å². The maximum Gasteiger partial charge on any atom is 0.243 e. The van der Waals surface area contributed by atoms with Crippen molar-refractivity contribution in [2.24, 2.45) is 0 Å². The monoisotopic (exact) mass is 368 g/mol. The maximum absolute atomic E-state index is 12.6. The molecule has 1 fully saturated rings. The van der Waals surface area contributed by atoms with E-state index >= 15 is 0 Å². The zero-order valence-electron chi connectivity index (χ0n) is 14.9. The van der Waals surface area contributed by atoms with E-state index < -0.39 is 10.0 Å². The van der Waals surface area contributed by atoms with Crippen LogP contribution in [0.25, 0.3) is 0 Å². The van der Waals surface area contributed by atoms with E-state index in [9.17, 15) is 13.2 Å². The average molecular weight is 368 g/mol. The Kier molecular flexibility index (Phi) is 7.87. The summed E-state index contributed by atoms with van der Waals surface area (Å²) in [5.74, 6) is 0.00104. The Morgan fingerprint density at radius 1 is 1.16 bits per heavy atom. The van der Waals surface area contributed by atoms with Gasteiger partial charge >= 0.3 is 0 Å². The normalized spacial score (nSPS) is 15.9. The first-order valence-electron chi connectivity index (χ1n) is 8.89. The Bertz CT molecular complexity index is 638. The molecule has 0 aliphatic carbocycles. The Hall–Kier alpha value is -1.44. The van der Waals surface area contributed by atoms with Crippen LogP contribution in [0.4, 0.5) is 0 Å².